The smallest absolute Gasteiger partial charge is 0.326 e. The Kier molecular flexibility index (Phi) is 3.68. The first kappa shape index (κ1) is 12.0. The predicted molar refractivity (Wildman–Crippen MR) is 55.2 cm³/mol. The Morgan fingerprint density at radius 3 is 2.73 bits per heavy atom. The number of nitrogens with two attached hydrogens (primary N) is 1. The average Bonchev–Trinajstić information content (AvgIpc) is 2.20. The molecule has 1 saturated heterocycles. The summed E-state index contributed by atoms with van der Waals surface area (Å²) in [5.41, 5.74) is 5.64. The standard InChI is InChI=1S/C10H18N2O3/c1-3-7-4-5-8(11)9(13)12(7)6(2)10(14)15/h6-8H,3-5,11H2,1-2H3,(H,14,15). The topological polar surface area (TPSA) is 83.6 Å². The van der Waals surface area contributed by atoms with Crippen LogP contribution in [0.15, 0.2) is 0 Å². The van der Waals surface area contributed by atoms with Crippen LogP contribution in [-0.2, 0) is 9.59 Å². The van der Waals surface area contributed by atoms with Gasteiger partial charge in [-0.2, -0.15) is 0 Å². The second-order valence-corrected chi connectivity index (χ2v) is 4.01. The van der Waals surface area contributed by atoms with Gasteiger partial charge in [0.05, 0.1) is 6.04 Å². The third-order valence-corrected chi connectivity index (χ3v) is 3.02. The number of carboxylic acids is 1. The molecule has 0 radical (unpaired) electrons. The van der Waals surface area contributed by atoms with E-state index in [1.54, 1.807) is 0 Å². The molecule has 1 amide bonds. The lowest BCUT2D eigenvalue weighted by Crippen LogP contribution is -2.58. The molecule has 1 rings (SSSR count). The monoisotopic (exact) mass is 214 g/mol. The maximum Gasteiger partial charge on any atom is 0.326 e. The number of hydrogen-bond acceptors (Lipinski definition) is 3. The van der Waals surface area contributed by atoms with Crippen LogP contribution >= 0.6 is 0 Å². The zero-order valence-corrected chi connectivity index (χ0v) is 9.14. The fourth-order valence-corrected chi connectivity index (χ4v) is 2.03. The first-order valence-corrected chi connectivity index (χ1v) is 5.29. The Labute approximate surface area is 89.2 Å². The van der Waals surface area contributed by atoms with Crippen molar-refractivity contribution in [1.82, 2.24) is 4.90 Å². The molecule has 5 heteroatoms. The molecule has 0 saturated carbocycles. The summed E-state index contributed by atoms with van der Waals surface area (Å²) in [7, 11) is 0. The van der Waals surface area contributed by atoms with E-state index in [2.05, 4.69) is 0 Å². The van der Waals surface area contributed by atoms with Crippen molar-refractivity contribution in [3.8, 4) is 0 Å². The summed E-state index contributed by atoms with van der Waals surface area (Å²) in [4.78, 5) is 24.1. The molecule has 0 aromatic carbocycles. The number of likely N-dealkylation sites (tertiary alicyclic amines) is 1. The summed E-state index contributed by atoms with van der Waals surface area (Å²) < 4.78 is 0. The van der Waals surface area contributed by atoms with Crippen LogP contribution < -0.4 is 5.73 Å². The SMILES string of the molecule is CCC1CCC(N)C(=O)N1C(C)C(=O)O. The van der Waals surface area contributed by atoms with Crippen molar-refractivity contribution in [2.24, 2.45) is 5.73 Å². The Hall–Kier alpha value is -1.10. The molecule has 0 bridgehead atoms. The molecular formula is C10H18N2O3. The molecule has 3 atom stereocenters. The summed E-state index contributed by atoms with van der Waals surface area (Å²) in [5.74, 6) is -1.21. The molecule has 0 aromatic heterocycles. The fourth-order valence-electron chi connectivity index (χ4n) is 2.03. The van der Waals surface area contributed by atoms with Gasteiger partial charge in [-0.1, -0.05) is 6.92 Å². The van der Waals surface area contributed by atoms with Crippen LogP contribution in [0.4, 0.5) is 0 Å². The zero-order chi connectivity index (χ0) is 11.6. The molecule has 1 fully saturated rings. The van der Waals surface area contributed by atoms with E-state index >= 15 is 0 Å². The van der Waals surface area contributed by atoms with Gasteiger partial charge in [0.1, 0.15) is 6.04 Å². The van der Waals surface area contributed by atoms with Crippen LogP contribution in [0.3, 0.4) is 0 Å². The lowest BCUT2D eigenvalue weighted by atomic mass is 9.94. The summed E-state index contributed by atoms with van der Waals surface area (Å²) >= 11 is 0. The van der Waals surface area contributed by atoms with Crippen LogP contribution in [-0.4, -0.2) is 40.0 Å². The van der Waals surface area contributed by atoms with E-state index < -0.39 is 18.1 Å². The molecular weight excluding hydrogens is 196 g/mol. The van der Waals surface area contributed by atoms with Gasteiger partial charge in [-0.15, -0.1) is 0 Å². The maximum absolute atomic E-state index is 11.8. The number of carbonyl (C=O) groups is 2. The summed E-state index contributed by atoms with van der Waals surface area (Å²) in [5, 5.41) is 8.92. The Morgan fingerprint density at radius 2 is 2.27 bits per heavy atom. The molecule has 0 aliphatic carbocycles. The number of carbonyl (C=O) groups excluding carboxylic acids is 1. The molecule has 5 nitrogen and oxygen atoms in total. The minimum atomic E-state index is -0.976. The van der Waals surface area contributed by atoms with Crippen molar-refractivity contribution in [3.63, 3.8) is 0 Å². The largest absolute Gasteiger partial charge is 0.480 e. The molecule has 86 valence electrons. The number of amides is 1. The van der Waals surface area contributed by atoms with Crippen LogP contribution in [0.25, 0.3) is 0 Å². The van der Waals surface area contributed by atoms with Gasteiger partial charge >= 0.3 is 5.97 Å². The van der Waals surface area contributed by atoms with Crippen molar-refractivity contribution < 1.29 is 14.7 Å². The van der Waals surface area contributed by atoms with Crippen LogP contribution in [0, 0.1) is 0 Å². The Bertz CT molecular complexity index is 267. The van der Waals surface area contributed by atoms with E-state index in [0.29, 0.717) is 6.42 Å². The van der Waals surface area contributed by atoms with Gasteiger partial charge in [0.2, 0.25) is 5.91 Å². The molecule has 1 heterocycles. The molecule has 3 unspecified atom stereocenters. The van der Waals surface area contributed by atoms with Crippen molar-refractivity contribution in [2.75, 3.05) is 0 Å². The highest BCUT2D eigenvalue weighted by molar-refractivity contribution is 5.87. The minimum absolute atomic E-state index is 0.0170. The fraction of sp³-hybridized carbons (Fsp3) is 0.800. The van der Waals surface area contributed by atoms with E-state index in [1.165, 1.54) is 11.8 Å². The minimum Gasteiger partial charge on any atom is -0.480 e. The first-order chi connectivity index (χ1) is 6.99. The normalized spacial score (nSPS) is 29.0. The Morgan fingerprint density at radius 1 is 1.67 bits per heavy atom. The third kappa shape index (κ3) is 2.28. The van der Waals surface area contributed by atoms with Gasteiger partial charge in [0.25, 0.3) is 0 Å². The maximum atomic E-state index is 11.8. The summed E-state index contributed by atoms with van der Waals surface area (Å²) in [6, 6.07) is -1.30. The first-order valence-electron chi connectivity index (χ1n) is 5.29. The summed E-state index contributed by atoms with van der Waals surface area (Å²) in [6.45, 7) is 3.48. The Balaban J connectivity index is 2.86. The van der Waals surface area contributed by atoms with Gasteiger partial charge in [-0.05, 0) is 26.2 Å². The van der Waals surface area contributed by atoms with Crippen LogP contribution in [0.5, 0.6) is 0 Å². The third-order valence-electron chi connectivity index (χ3n) is 3.02. The second-order valence-electron chi connectivity index (χ2n) is 4.01. The zero-order valence-electron chi connectivity index (χ0n) is 9.14. The molecule has 3 N–H and O–H groups in total. The highest BCUT2D eigenvalue weighted by Crippen LogP contribution is 2.22. The predicted octanol–water partition coefficient (Wildman–Crippen LogP) is 0.188. The molecule has 1 aliphatic rings. The molecule has 1 aliphatic heterocycles. The van der Waals surface area contributed by atoms with Gasteiger partial charge < -0.3 is 15.7 Å². The van der Waals surface area contributed by atoms with Crippen molar-refractivity contribution >= 4 is 11.9 Å². The van der Waals surface area contributed by atoms with E-state index in [-0.39, 0.29) is 11.9 Å². The number of carboxylic acid groups (broad SMARTS) is 1. The molecule has 15 heavy (non-hydrogen) atoms. The highest BCUT2D eigenvalue weighted by atomic mass is 16.4. The lowest BCUT2D eigenvalue weighted by molar-refractivity contribution is -0.154. The van der Waals surface area contributed by atoms with Gasteiger partial charge in [-0.25, -0.2) is 4.79 Å². The summed E-state index contributed by atoms with van der Waals surface area (Å²) in [6.07, 6.45) is 2.22. The van der Waals surface area contributed by atoms with E-state index in [4.69, 9.17) is 10.8 Å². The lowest BCUT2D eigenvalue weighted by Gasteiger charge is -2.40. The number of piperidine rings is 1. The van der Waals surface area contributed by atoms with Crippen molar-refractivity contribution in [2.45, 2.75) is 51.2 Å². The van der Waals surface area contributed by atoms with E-state index in [1.807, 2.05) is 6.92 Å². The van der Waals surface area contributed by atoms with Crippen LogP contribution in [0.1, 0.15) is 33.1 Å². The van der Waals surface area contributed by atoms with E-state index in [0.717, 1.165) is 12.8 Å². The van der Waals surface area contributed by atoms with E-state index in [9.17, 15) is 9.59 Å². The second kappa shape index (κ2) is 4.61. The van der Waals surface area contributed by atoms with Gasteiger partial charge in [-0.3, -0.25) is 4.79 Å². The quantitative estimate of drug-likeness (QED) is 0.702. The van der Waals surface area contributed by atoms with Crippen LogP contribution in [0.2, 0.25) is 0 Å². The molecule has 0 aromatic rings. The van der Waals surface area contributed by atoms with Gasteiger partial charge in [0, 0.05) is 6.04 Å². The number of aliphatic carboxylic acids is 1. The number of nitrogens with zero attached hydrogens (tertiary/aromatic N) is 1. The van der Waals surface area contributed by atoms with Gasteiger partial charge in [0.15, 0.2) is 0 Å². The van der Waals surface area contributed by atoms with Crippen molar-refractivity contribution in [3.05, 3.63) is 0 Å². The highest BCUT2D eigenvalue weighted by Gasteiger charge is 2.37. The average molecular weight is 214 g/mol. The number of rotatable bonds is 3. The number of hydrogen-bond donors (Lipinski definition) is 2. The van der Waals surface area contributed by atoms with Crippen molar-refractivity contribution in [1.29, 1.82) is 0 Å². The molecule has 0 spiro atoms.